The molecule has 1 rings (SSSR count). The molecule has 82 valence electrons. The van der Waals surface area contributed by atoms with Crippen LogP contribution in [-0.2, 0) is 0 Å². The molecule has 3 N–H and O–H groups in total. The Morgan fingerprint density at radius 2 is 2.00 bits per heavy atom. The Hall–Kier alpha value is -1.91. The quantitative estimate of drug-likeness (QED) is 0.650. The molecule has 0 heterocycles. The molecule has 0 bridgehead atoms. The van der Waals surface area contributed by atoms with Crippen molar-refractivity contribution in [2.24, 2.45) is 0 Å². The fourth-order valence-corrected chi connectivity index (χ4v) is 0.950. The summed E-state index contributed by atoms with van der Waals surface area (Å²) in [7, 11) is 0. The van der Waals surface area contributed by atoms with Crippen LogP contribution in [0.25, 0.3) is 0 Å². The van der Waals surface area contributed by atoms with Gasteiger partial charge in [-0.1, -0.05) is 0 Å². The van der Waals surface area contributed by atoms with Crippen LogP contribution in [0.1, 0.15) is 6.92 Å². The van der Waals surface area contributed by atoms with Crippen molar-refractivity contribution in [3.05, 3.63) is 24.3 Å². The molecule has 0 radical (unpaired) electrons. The molecular formula is C10H14N2O3. The molecule has 15 heavy (non-hydrogen) atoms. The van der Waals surface area contributed by atoms with E-state index in [1.54, 1.807) is 12.1 Å². The summed E-state index contributed by atoms with van der Waals surface area (Å²) in [5.74, 6) is 0.767. The summed E-state index contributed by atoms with van der Waals surface area (Å²) in [6, 6.07) is 6.00. The van der Waals surface area contributed by atoms with E-state index in [1.165, 1.54) is 12.1 Å². The molecule has 0 saturated heterocycles. The maximum absolute atomic E-state index is 10.9. The fourth-order valence-electron chi connectivity index (χ4n) is 0.950. The minimum Gasteiger partial charge on any atom is -0.508 e. The third-order valence-corrected chi connectivity index (χ3v) is 1.65. The van der Waals surface area contributed by atoms with Gasteiger partial charge < -0.3 is 20.5 Å². The number of benzene rings is 1. The molecule has 2 amide bonds. The molecule has 5 nitrogen and oxygen atoms in total. The first-order chi connectivity index (χ1) is 7.22. The summed E-state index contributed by atoms with van der Waals surface area (Å²) in [5.41, 5.74) is 0. The van der Waals surface area contributed by atoms with Crippen LogP contribution in [0.2, 0.25) is 0 Å². The molecule has 0 aliphatic rings. The molecule has 1 aromatic carbocycles. The highest BCUT2D eigenvalue weighted by Crippen LogP contribution is 2.15. The summed E-state index contributed by atoms with van der Waals surface area (Å²) < 4.78 is 5.19. The lowest BCUT2D eigenvalue weighted by molar-refractivity contribution is 0.224. The Labute approximate surface area is 88.1 Å². The monoisotopic (exact) mass is 210 g/mol. The predicted molar refractivity (Wildman–Crippen MR) is 55.8 cm³/mol. The number of carbonyl (C=O) groups is 1. The van der Waals surface area contributed by atoms with E-state index in [2.05, 4.69) is 10.6 Å². The first-order valence-electron chi connectivity index (χ1n) is 4.66. The second-order valence-corrected chi connectivity index (χ2v) is 2.82. The standard InChI is InChI=1S/C10H14N2O3/c1-2-11-10(14)12-7-15-9-5-3-8(13)4-6-9/h3-6,13H,2,7H2,1H3,(H2,11,12,14). The highest BCUT2D eigenvalue weighted by molar-refractivity contribution is 5.73. The van der Waals surface area contributed by atoms with Crippen LogP contribution < -0.4 is 15.4 Å². The normalized spacial score (nSPS) is 9.40. The zero-order valence-electron chi connectivity index (χ0n) is 8.49. The number of hydrogen-bond donors (Lipinski definition) is 3. The van der Waals surface area contributed by atoms with Gasteiger partial charge in [0.05, 0.1) is 0 Å². The van der Waals surface area contributed by atoms with Crippen LogP contribution in [0.5, 0.6) is 11.5 Å². The Balaban J connectivity index is 2.26. The second kappa shape index (κ2) is 5.74. The second-order valence-electron chi connectivity index (χ2n) is 2.82. The smallest absolute Gasteiger partial charge is 0.317 e. The number of rotatable bonds is 4. The summed E-state index contributed by atoms with van der Waals surface area (Å²) in [5, 5.41) is 14.1. The van der Waals surface area contributed by atoms with E-state index in [1.807, 2.05) is 6.92 Å². The molecule has 5 heteroatoms. The van der Waals surface area contributed by atoms with Crippen LogP contribution in [-0.4, -0.2) is 24.4 Å². The lowest BCUT2D eigenvalue weighted by atomic mass is 10.3. The molecule has 0 aliphatic carbocycles. The molecule has 0 atom stereocenters. The van der Waals surface area contributed by atoms with E-state index in [-0.39, 0.29) is 18.5 Å². The van der Waals surface area contributed by atoms with E-state index >= 15 is 0 Å². The van der Waals surface area contributed by atoms with Gasteiger partial charge in [0.2, 0.25) is 0 Å². The largest absolute Gasteiger partial charge is 0.508 e. The number of carbonyl (C=O) groups excluding carboxylic acids is 1. The SMILES string of the molecule is CCNC(=O)NCOc1ccc(O)cc1. The number of aromatic hydroxyl groups is 1. The van der Waals surface area contributed by atoms with Crippen LogP contribution >= 0.6 is 0 Å². The predicted octanol–water partition coefficient (Wildman–Crippen LogP) is 1.05. The van der Waals surface area contributed by atoms with E-state index < -0.39 is 0 Å². The summed E-state index contributed by atoms with van der Waals surface area (Å²) >= 11 is 0. The van der Waals surface area contributed by atoms with Crippen molar-refractivity contribution in [1.82, 2.24) is 10.6 Å². The average Bonchev–Trinajstić information content (AvgIpc) is 2.21. The molecule has 0 aliphatic heterocycles. The summed E-state index contributed by atoms with van der Waals surface area (Å²) in [4.78, 5) is 10.9. The van der Waals surface area contributed by atoms with E-state index in [0.29, 0.717) is 12.3 Å². The zero-order chi connectivity index (χ0) is 11.1. The Bertz CT molecular complexity index is 311. The van der Waals surface area contributed by atoms with Crippen LogP contribution in [0.3, 0.4) is 0 Å². The minimum absolute atomic E-state index is 0.0939. The molecule has 0 unspecified atom stereocenters. The number of urea groups is 1. The number of phenolic OH excluding ortho intramolecular Hbond substituents is 1. The van der Waals surface area contributed by atoms with Gasteiger partial charge in [0.1, 0.15) is 11.5 Å². The third-order valence-electron chi connectivity index (χ3n) is 1.65. The molecular weight excluding hydrogens is 196 g/mol. The van der Waals surface area contributed by atoms with Crippen molar-refractivity contribution < 1.29 is 14.6 Å². The fraction of sp³-hybridized carbons (Fsp3) is 0.300. The average molecular weight is 210 g/mol. The Kier molecular flexibility index (Phi) is 4.28. The lowest BCUT2D eigenvalue weighted by Gasteiger charge is -2.08. The van der Waals surface area contributed by atoms with Crippen LogP contribution in [0.4, 0.5) is 4.79 Å². The zero-order valence-corrected chi connectivity index (χ0v) is 8.49. The number of nitrogens with one attached hydrogen (secondary N) is 2. The molecule has 0 aromatic heterocycles. The van der Waals surface area contributed by atoms with Crippen molar-refractivity contribution in [3.8, 4) is 11.5 Å². The maximum Gasteiger partial charge on any atom is 0.317 e. The highest BCUT2D eigenvalue weighted by Gasteiger charge is 1.97. The number of phenols is 1. The van der Waals surface area contributed by atoms with Gasteiger partial charge >= 0.3 is 6.03 Å². The molecule has 0 fully saturated rings. The van der Waals surface area contributed by atoms with Gasteiger partial charge in [-0.25, -0.2) is 4.79 Å². The van der Waals surface area contributed by atoms with Crippen LogP contribution in [0, 0.1) is 0 Å². The number of amides is 2. The lowest BCUT2D eigenvalue weighted by Crippen LogP contribution is -2.37. The number of ether oxygens (including phenoxy) is 1. The maximum atomic E-state index is 10.9. The highest BCUT2D eigenvalue weighted by atomic mass is 16.5. The van der Waals surface area contributed by atoms with E-state index in [9.17, 15) is 4.79 Å². The van der Waals surface area contributed by atoms with Gasteiger partial charge in [-0.15, -0.1) is 0 Å². The van der Waals surface area contributed by atoms with Gasteiger partial charge in [0.15, 0.2) is 6.73 Å². The minimum atomic E-state index is -0.267. The first kappa shape index (κ1) is 11.2. The topological polar surface area (TPSA) is 70.6 Å². The van der Waals surface area contributed by atoms with Gasteiger partial charge in [-0.2, -0.15) is 0 Å². The van der Waals surface area contributed by atoms with E-state index in [0.717, 1.165) is 0 Å². The Morgan fingerprint density at radius 1 is 1.33 bits per heavy atom. The van der Waals surface area contributed by atoms with Crippen molar-refractivity contribution in [3.63, 3.8) is 0 Å². The van der Waals surface area contributed by atoms with Crippen LogP contribution in [0.15, 0.2) is 24.3 Å². The van der Waals surface area contributed by atoms with E-state index in [4.69, 9.17) is 9.84 Å². The van der Waals surface area contributed by atoms with Gasteiger partial charge in [-0.3, -0.25) is 0 Å². The molecule has 0 saturated carbocycles. The molecule has 1 aromatic rings. The van der Waals surface area contributed by atoms with Crippen molar-refractivity contribution in [1.29, 1.82) is 0 Å². The van der Waals surface area contributed by atoms with Gasteiger partial charge in [0.25, 0.3) is 0 Å². The van der Waals surface area contributed by atoms with Crippen molar-refractivity contribution in [2.45, 2.75) is 6.92 Å². The molecule has 0 spiro atoms. The summed E-state index contributed by atoms with van der Waals surface area (Å²) in [6.07, 6.45) is 0. The third kappa shape index (κ3) is 4.21. The first-order valence-corrected chi connectivity index (χ1v) is 4.66. The number of hydrogen-bond acceptors (Lipinski definition) is 3. The van der Waals surface area contributed by atoms with Crippen molar-refractivity contribution >= 4 is 6.03 Å². The van der Waals surface area contributed by atoms with Gasteiger partial charge in [0, 0.05) is 6.54 Å². The van der Waals surface area contributed by atoms with Crippen molar-refractivity contribution in [2.75, 3.05) is 13.3 Å². The Morgan fingerprint density at radius 3 is 2.60 bits per heavy atom. The summed E-state index contributed by atoms with van der Waals surface area (Å²) in [6.45, 7) is 2.50. The van der Waals surface area contributed by atoms with Gasteiger partial charge in [-0.05, 0) is 31.2 Å².